The highest BCUT2D eigenvalue weighted by Gasteiger charge is 2.33. The third-order valence-electron chi connectivity index (χ3n) is 6.28. The topological polar surface area (TPSA) is 183 Å². The van der Waals surface area contributed by atoms with E-state index in [1.807, 2.05) is 13.8 Å². The minimum Gasteiger partial charge on any atom is -0.481 e. The molecule has 3 atom stereocenters. The van der Waals surface area contributed by atoms with Gasteiger partial charge in [0.1, 0.15) is 18.7 Å². The number of nitrogens with zero attached hydrogens (tertiary/aromatic N) is 2. The number of rotatable bonds is 21. The maximum absolute atomic E-state index is 13.5. The van der Waals surface area contributed by atoms with E-state index < -0.39 is 73.3 Å². The fourth-order valence-corrected chi connectivity index (χ4v) is 3.99. The van der Waals surface area contributed by atoms with Gasteiger partial charge in [0.05, 0.1) is 25.4 Å². The zero-order chi connectivity index (χ0) is 30.8. The van der Waals surface area contributed by atoms with E-state index in [1.165, 1.54) is 9.80 Å². The molecule has 0 aromatic carbocycles. The van der Waals surface area contributed by atoms with Crippen LogP contribution in [0, 0.1) is 5.92 Å². The number of carboxylic acids is 2. The van der Waals surface area contributed by atoms with Gasteiger partial charge in [-0.3, -0.25) is 28.8 Å². The molecule has 0 heterocycles. The highest BCUT2D eigenvalue weighted by Crippen LogP contribution is 2.10. The predicted octanol–water partition coefficient (Wildman–Crippen LogP) is 1.24. The van der Waals surface area contributed by atoms with Crippen molar-refractivity contribution in [3.8, 4) is 0 Å². The molecule has 0 bridgehead atoms. The molecule has 0 saturated heterocycles. The molecule has 13 heteroatoms. The van der Waals surface area contributed by atoms with E-state index in [0.717, 1.165) is 6.42 Å². The Balaban J connectivity index is 5.85. The Morgan fingerprint density at radius 2 is 1.38 bits per heavy atom. The first-order chi connectivity index (χ1) is 18.8. The van der Waals surface area contributed by atoms with Crippen LogP contribution in [-0.4, -0.2) is 107 Å². The maximum Gasteiger partial charge on any atom is 0.325 e. The lowest BCUT2D eigenvalue weighted by molar-refractivity contribution is -0.157. The Morgan fingerprint density at radius 1 is 0.825 bits per heavy atom. The normalized spacial score (nSPS) is 13.2. The molecule has 0 radical (unpaired) electrons. The van der Waals surface area contributed by atoms with E-state index >= 15 is 0 Å². The van der Waals surface area contributed by atoms with Gasteiger partial charge in [-0.1, -0.05) is 47.5 Å². The summed E-state index contributed by atoms with van der Waals surface area (Å²) in [6, 6.07) is -2.04. The van der Waals surface area contributed by atoms with Crippen molar-refractivity contribution >= 4 is 35.6 Å². The Bertz CT molecular complexity index is 850. The molecule has 3 unspecified atom stereocenters. The summed E-state index contributed by atoms with van der Waals surface area (Å²) >= 11 is 0. The van der Waals surface area contributed by atoms with Crippen LogP contribution in [0.3, 0.4) is 0 Å². The fourth-order valence-electron chi connectivity index (χ4n) is 3.99. The maximum atomic E-state index is 13.5. The van der Waals surface area contributed by atoms with Gasteiger partial charge >= 0.3 is 17.9 Å². The largest absolute Gasteiger partial charge is 0.481 e. The van der Waals surface area contributed by atoms with Crippen molar-refractivity contribution < 1.29 is 43.7 Å². The second kappa shape index (κ2) is 19.8. The van der Waals surface area contributed by atoms with Crippen molar-refractivity contribution in [2.24, 2.45) is 5.92 Å². The highest BCUT2D eigenvalue weighted by atomic mass is 16.5. The molecule has 0 aliphatic heterocycles. The van der Waals surface area contributed by atoms with Crippen LogP contribution in [0.2, 0.25) is 0 Å². The molecule has 0 aliphatic carbocycles. The fraction of sp³-hybridized carbons (Fsp3) is 0.778. The lowest BCUT2D eigenvalue weighted by atomic mass is 10.0. The number of likely N-dealkylation sites (N-methyl/N-ethyl adjacent to an activating group) is 1. The highest BCUT2D eigenvalue weighted by molar-refractivity contribution is 5.94. The molecule has 230 valence electrons. The first kappa shape index (κ1) is 36.8. The number of aliphatic carboxylic acids is 2. The molecule has 0 rings (SSSR count). The molecular formula is C27H48N4O9. The van der Waals surface area contributed by atoms with E-state index in [1.54, 1.807) is 27.8 Å². The number of nitrogens with one attached hydrogen (secondary N) is 2. The smallest absolute Gasteiger partial charge is 0.325 e. The molecule has 0 aromatic heterocycles. The number of unbranched alkanes of at least 4 members (excludes halogenated alkanes) is 2. The number of esters is 1. The Morgan fingerprint density at radius 3 is 1.82 bits per heavy atom. The van der Waals surface area contributed by atoms with Crippen LogP contribution in [0.25, 0.3) is 0 Å². The molecule has 0 fully saturated rings. The summed E-state index contributed by atoms with van der Waals surface area (Å²) in [4.78, 5) is 77.2. The summed E-state index contributed by atoms with van der Waals surface area (Å²) in [5, 5.41) is 23.8. The average Bonchev–Trinajstić information content (AvgIpc) is 2.87. The van der Waals surface area contributed by atoms with Crippen LogP contribution < -0.4 is 10.6 Å². The van der Waals surface area contributed by atoms with Gasteiger partial charge in [0.25, 0.3) is 0 Å². The minimum atomic E-state index is -1.39. The minimum absolute atomic E-state index is 0.127. The van der Waals surface area contributed by atoms with Crippen molar-refractivity contribution in [1.82, 2.24) is 20.4 Å². The number of carbonyl (C=O) groups excluding carboxylic acids is 4. The second-order valence-corrected chi connectivity index (χ2v) is 10.1. The molecule has 13 nitrogen and oxygen atoms in total. The Labute approximate surface area is 237 Å². The van der Waals surface area contributed by atoms with Crippen molar-refractivity contribution in [1.29, 1.82) is 0 Å². The van der Waals surface area contributed by atoms with Crippen LogP contribution in [0.1, 0.15) is 79.6 Å². The van der Waals surface area contributed by atoms with Gasteiger partial charge in [-0.25, -0.2) is 0 Å². The van der Waals surface area contributed by atoms with Crippen molar-refractivity contribution in [2.45, 2.75) is 97.8 Å². The van der Waals surface area contributed by atoms with E-state index in [-0.39, 0.29) is 25.4 Å². The van der Waals surface area contributed by atoms with E-state index in [2.05, 4.69) is 10.6 Å². The standard InChI is InChI=1S/C27H48N4O9/c1-7-10-12-30(17-24(37)40-19(9-3)14-22(33)34)21(32)16-31(13-11-8-2)27(39)20(15-23(35)36)29-26(38)25(28-6)18(4)5/h18-20,25,28H,7-17H2,1-6H3,(H,29,38)(H,33,34)(H,35,36). The molecule has 0 aromatic rings. The molecule has 0 spiro atoms. The van der Waals surface area contributed by atoms with E-state index in [4.69, 9.17) is 9.84 Å². The van der Waals surface area contributed by atoms with Crippen LogP contribution in [-0.2, 0) is 33.5 Å². The number of carboxylic acid groups (broad SMARTS) is 2. The number of hydrogen-bond donors (Lipinski definition) is 4. The monoisotopic (exact) mass is 572 g/mol. The Kier molecular flexibility index (Phi) is 18.2. The van der Waals surface area contributed by atoms with E-state index in [9.17, 15) is 33.9 Å². The number of hydrogen-bond acceptors (Lipinski definition) is 8. The van der Waals surface area contributed by atoms with E-state index in [0.29, 0.717) is 25.7 Å². The molecule has 0 aliphatic rings. The van der Waals surface area contributed by atoms with Gasteiger partial charge in [-0.2, -0.15) is 0 Å². The summed E-state index contributed by atoms with van der Waals surface area (Å²) in [5.41, 5.74) is 0. The first-order valence-corrected chi connectivity index (χ1v) is 14.0. The lowest BCUT2D eigenvalue weighted by Crippen LogP contribution is -2.56. The SMILES string of the molecule is CCCCN(CC(=O)OC(CC)CC(=O)O)C(=O)CN(CCCC)C(=O)C(CC(=O)O)NC(=O)C(NC)C(C)C. The van der Waals surface area contributed by atoms with Gasteiger partial charge in [0.15, 0.2) is 0 Å². The predicted molar refractivity (Wildman–Crippen MR) is 147 cm³/mol. The zero-order valence-electron chi connectivity index (χ0n) is 24.7. The zero-order valence-corrected chi connectivity index (χ0v) is 24.7. The van der Waals surface area contributed by atoms with Gasteiger partial charge in [0.2, 0.25) is 17.7 Å². The second-order valence-electron chi connectivity index (χ2n) is 10.1. The van der Waals surface area contributed by atoms with Gasteiger partial charge < -0.3 is 35.4 Å². The summed E-state index contributed by atoms with van der Waals surface area (Å²) in [5.74, 6) is -5.06. The summed E-state index contributed by atoms with van der Waals surface area (Å²) in [7, 11) is 1.59. The first-order valence-electron chi connectivity index (χ1n) is 14.0. The summed E-state index contributed by atoms with van der Waals surface area (Å²) in [6.45, 7) is 8.62. The van der Waals surface area contributed by atoms with Gasteiger partial charge in [0, 0.05) is 13.1 Å². The molecule has 0 saturated carbocycles. The van der Waals surface area contributed by atoms with Crippen molar-refractivity contribution in [2.75, 3.05) is 33.2 Å². The van der Waals surface area contributed by atoms with Crippen molar-refractivity contribution in [3.05, 3.63) is 0 Å². The third kappa shape index (κ3) is 14.2. The summed E-state index contributed by atoms with van der Waals surface area (Å²) in [6.07, 6.45) is 0.969. The Hall–Kier alpha value is -3.22. The quantitative estimate of drug-likeness (QED) is 0.146. The van der Waals surface area contributed by atoms with Crippen molar-refractivity contribution in [3.63, 3.8) is 0 Å². The van der Waals surface area contributed by atoms with Gasteiger partial charge in [-0.05, 0) is 32.2 Å². The van der Waals surface area contributed by atoms with Crippen LogP contribution >= 0.6 is 0 Å². The van der Waals surface area contributed by atoms with Crippen LogP contribution in [0.4, 0.5) is 0 Å². The number of ether oxygens (including phenoxy) is 1. The van der Waals surface area contributed by atoms with Crippen LogP contribution in [0.5, 0.6) is 0 Å². The molecule has 3 amide bonds. The van der Waals surface area contributed by atoms with Gasteiger partial charge in [-0.15, -0.1) is 0 Å². The molecular weight excluding hydrogens is 524 g/mol. The average molecular weight is 573 g/mol. The van der Waals surface area contributed by atoms with Crippen LogP contribution in [0.15, 0.2) is 0 Å². The third-order valence-corrected chi connectivity index (χ3v) is 6.28. The molecule has 4 N–H and O–H groups in total. The number of carbonyl (C=O) groups is 6. The summed E-state index contributed by atoms with van der Waals surface area (Å²) < 4.78 is 5.25. The number of amides is 3. The lowest BCUT2D eigenvalue weighted by Gasteiger charge is -2.31. The molecule has 40 heavy (non-hydrogen) atoms.